The van der Waals surface area contributed by atoms with E-state index in [0.29, 0.717) is 17.5 Å². The van der Waals surface area contributed by atoms with Crippen LogP contribution in [0.25, 0.3) is 245 Å². The van der Waals surface area contributed by atoms with Gasteiger partial charge in [0.1, 0.15) is 28.1 Å². The van der Waals surface area contributed by atoms with Crippen LogP contribution in [-0.4, -0.2) is 48.2 Å². The van der Waals surface area contributed by atoms with Crippen LogP contribution in [0.1, 0.15) is 0 Å². The van der Waals surface area contributed by atoms with Crippen LogP contribution >= 0.6 is 0 Å². The van der Waals surface area contributed by atoms with E-state index in [1.807, 2.05) is 91.0 Å². The first-order valence-electron chi connectivity index (χ1n) is 46.2. The topological polar surface area (TPSA) is 110 Å². The molecule has 0 amide bonds. The highest BCUT2D eigenvalue weighted by Crippen LogP contribution is 2.47. The first-order chi connectivity index (χ1) is 68.0. The van der Waals surface area contributed by atoms with Gasteiger partial charge in [-0.15, -0.1) is 0 Å². The van der Waals surface area contributed by atoms with E-state index < -0.39 is 0 Å². The highest BCUT2D eigenvalue weighted by molar-refractivity contribution is 6.19. The van der Waals surface area contributed by atoms with Crippen molar-refractivity contribution in [2.75, 3.05) is 0 Å². The molecular weight excluding hydrogens is 1670 g/mol. The van der Waals surface area contributed by atoms with E-state index >= 15 is 0 Å². The Bertz CT molecular complexity index is 9210. The molecule has 0 bridgehead atoms. The Kier molecular flexibility index (Phi) is 20.3. The molecule has 642 valence electrons. The predicted octanol–water partition coefficient (Wildman–Crippen LogP) is 32.4. The molecule has 0 fully saturated rings. The van der Waals surface area contributed by atoms with Crippen LogP contribution < -0.4 is 0 Å². The summed E-state index contributed by atoms with van der Waals surface area (Å²) < 4.78 is 15.3. The minimum Gasteiger partial charge on any atom is -0.456 e. The largest absolute Gasteiger partial charge is 0.456 e. The van der Waals surface area contributed by atoms with Gasteiger partial charge in [0, 0.05) is 93.8 Å². The van der Waals surface area contributed by atoms with Crippen molar-refractivity contribution in [2.45, 2.75) is 0 Å². The summed E-state index contributed by atoms with van der Waals surface area (Å²) in [5.41, 5.74) is 32.7. The first-order valence-corrected chi connectivity index (χ1v) is 46.2. The van der Waals surface area contributed by atoms with Crippen molar-refractivity contribution in [3.63, 3.8) is 0 Å². The fourth-order valence-corrected chi connectivity index (χ4v) is 19.7. The second-order valence-electron chi connectivity index (χ2n) is 34.4. The number of hydrogen-bond acceptors (Lipinski definition) is 7. The molecule has 0 saturated carbocycles. The van der Waals surface area contributed by atoms with Crippen LogP contribution in [0.4, 0.5) is 0 Å². The lowest BCUT2D eigenvalue weighted by Gasteiger charge is -2.10. The number of rotatable bonds is 14. The molecule has 0 radical (unpaired) electrons. The average molecular weight is 1750 g/mol. The Balaban J connectivity index is 0.000000110. The van der Waals surface area contributed by atoms with Crippen molar-refractivity contribution in [3.8, 4) is 135 Å². The number of nitrogens with zero attached hydrogens (tertiary/aromatic N) is 10. The Hall–Kier alpha value is -18.6. The van der Waals surface area contributed by atoms with Crippen LogP contribution in [0.15, 0.2) is 502 Å². The van der Waals surface area contributed by atoms with E-state index in [4.69, 9.17) is 34.3 Å². The maximum atomic E-state index is 6.11. The Morgan fingerprint density at radius 1 is 0.146 bits per heavy atom. The Morgan fingerprint density at radius 2 is 0.416 bits per heavy atom. The van der Waals surface area contributed by atoms with Gasteiger partial charge in [-0.05, 0) is 154 Å². The molecule has 11 heteroatoms. The fraction of sp³-hybridized carbons (Fsp3) is 0. The molecule has 0 saturated heterocycles. The maximum absolute atomic E-state index is 6.11. The lowest BCUT2D eigenvalue weighted by atomic mass is 9.98. The summed E-state index contributed by atoms with van der Waals surface area (Å²) in [6.07, 6.45) is 0. The second-order valence-corrected chi connectivity index (χ2v) is 34.4. The molecule has 27 aromatic rings. The zero-order chi connectivity index (χ0) is 90.6. The lowest BCUT2D eigenvalue weighted by molar-refractivity contribution is 0.669. The second kappa shape index (κ2) is 34.6. The molecule has 137 heavy (non-hydrogen) atoms. The van der Waals surface area contributed by atoms with Crippen molar-refractivity contribution >= 4 is 110 Å². The van der Waals surface area contributed by atoms with Gasteiger partial charge in [-0.3, -0.25) is 13.7 Å². The van der Waals surface area contributed by atoms with Crippen LogP contribution in [0.2, 0.25) is 0 Å². The van der Waals surface area contributed by atoms with Crippen LogP contribution in [0.5, 0.6) is 0 Å². The summed E-state index contributed by atoms with van der Waals surface area (Å²) in [4.78, 5) is 31.5. The van der Waals surface area contributed by atoms with E-state index in [1.54, 1.807) is 0 Å². The minimum atomic E-state index is 0.703. The molecule has 27 rings (SSSR count). The zero-order valence-corrected chi connectivity index (χ0v) is 74.2. The number of furan rings is 1. The molecule has 8 heterocycles. The van der Waals surface area contributed by atoms with Crippen LogP contribution in [-0.2, 0) is 0 Å². The van der Waals surface area contributed by atoms with E-state index in [0.717, 1.165) is 183 Å². The molecule has 0 spiro atoms. The molecular formula is C126H82N10O. The molecule has 19 aromatic carbocycles. The van der Waals surface area contributed by atoms with Gasteiger partial charge < -0.3 is 8.98 Å². The quantitative estimate of drug-likeness (QED) is 0.107. The third-order valence-corrected chi connectivity index (χ3v) is 26.1. The van der Waals surface area contributed by atoms with Gasteiger partial charge in [0.2, 0.25) is 0 Å². The van der Waals surface area contributed by atoms with E-state index in [1.165, 1.54) is 44.1 Å². The van der Waals surface area contributed by atoms with Gasteiger partial charge in [0.05, 0.1) is 60.8 Å². The molecule has 0 aliphatic carbocycles. The van der Waals surface area contributed by atoms with Crippen molar-refractivity contribution in [1.82, 2.24) is 48.2 Å². The number of hydrogen-bond donors (Lipinski definition) is 0. The third-order valence-electron chi connectivity index (χ3n) is 26.1. The smallest absolute Gasteiger partial charge is 0.162 e. The summed E-state index contributed by atoms with van der Waals surface area (Å²) in [6.45, 7) is 0. The number of aromatic nitrogens is 10. The van der Waals surface area contributed by atoms with E-state index in [2.05, 4.69) is 425 Å². The SMILES string of the molecule is c1ccc(-c2cccc(-c3ccc4c5c(-c6ccccc6)nc(-c6ccccc6)nc5n(-c5ccccc5)c4c3)c2)cc1.c1ccc(-c2nc(-c3ccccc3)c3c4ccc(-c5ccc6c(c5)c5ccccc5n6-c5ccccc5)cc4n(-c4ccccc4)c3n2)cc1.c1ccc(-c2nc(-c3ccccc3)c3c4ccc(-c5ccc6oc7ccccc7c6c5)cc4n(-c4ccccc4)c3n2)cc1. The highest BCUT2D eigenvalue weighted by Gasteiger charge is 2.27. The number of fused-ring (bicyclic) bond motifs is 15. The summed E-state index contributed by atoms with van der Waals surface area (Å²) >= 11 is 0. The van der Waals surface area contributed by atoms with Crippen LogP contribution in [0, 0.1) is 0 Å². The van der Waals surface area contributed by atoms with Gasteiger partial charge in [-0.1, -0.05) is 388 Å². The summed E-state index contributed by atoms with van der Waals surface area (Å²) in [5.74, 6) is 2.12. The standard InChI is InChI=1S/C46H30N4.C40H25N3O.C40H27N3/c1-5-15-31(16-6-1)44-43-38-27-25-34(33-26-28-41-39(29-33)37-23-13-14-24-40(37)49(41)35-19-9-3-10-20-35)30-42(38)50(36-21-11-4-12-22-36)46(43)48-45(47-44)32-17-7-2-8-18-32;1-4-12-26(13-5-1)38-37-32-22-20-29(28-21-23-36-33(24-28)31-18-10-11-19-35(31)44-36)25-34(32)43(30-16-8-3-9-17-30)40(37)42-39(41-38)27-14-6-2-7-15-27;1-5-14-28(15-6-1)31-20-13-21-32(26-31)33-24-25-35-36(27-33)43(34-22-11-4-12-23-34)40-37(35)38(29-16-7-2-8-17-29)41-39(42-40)30-18-9-3-10-19-30/h1-30H;1-25H;1-27H. The lowest BCUT2D eigenvalue weighted by Crippen LogP contribution is -1.99. The first kappa shape index (κ1) is 80.5. The van der Waals surface area contributed by atoms with Gasteiger partial charge in [-0.2, -0.15) is 0 Å². The van der Waals surface area contributed by atoms with Gasteiger partial charge in [-0.25, -0.2) is 29.9 Å². The molecule has 0 aliphatic heterocycles. The summed E-state index contributed by atoms with van der Waals surface area (Å²) in [5, 5.41) is 11.2. The number of para-hydroxylation sites is 6. The third kappa shape index (κ3) is 14.7. The van der Waals surface area contributed by atoms with Crippen molar-refractivity contribution < 1.29 is 4.42 Å². The molecule has 11 nitrogen and oxygen atoms in total. The molecule has 0 aliphatic rings. The molecule has 0 unspecified atom stereocenters. The maximum Gasteiger partial charge on any atom is 0.162 e. The Morgan fingerprint density at radius 3 is 0.810 bits per heavy atom. The van der Waals surface area contributed by atoms with Gasteiger partial charge in [0.15, 0.2) is 17.5 Å². The van der Waals surface area contributed by atoms with E-state index in [-0.39, 0.29) is 0 Å². The summed E-state index contributed by atoms with van der Waals surface area (Å²) in [7, 11) is 0. The predicted molar refractivity (Wildman–Crippen MR) is 565 cm³/mol. The average Bonchev–Trinajstić information content (AvgIpc) is 1.57. The highest BCUT2D eigenvalue weighted by atomic mass is 16.3. The normalized spacial score (nSPS) is 11.5. The van der Waals surface area contributed by atoms with Crippen molar-refractivity contribution in [2.24, 2.45) is 0 Å². The minimum absolute atomic E-state index is 0.703. The van der Waals surface area contributed by atoms with Crippen LogP contribution in [0.3, 0.4) is 0 Å². The Labute approximate surface area is 789 Å². The zero-order valence-electron chi connectivity index (χ0n) is 74.2. The summed E-state index contributed by atoms with van der Waals surface area (Å²) in [6, 6.07) is 174. The molecule has 0 atom stereocenters. The fourth-order valence-electron chi connectivity index (χ4n) is 19.7. The van der Waals surface area contributed by atoms with Crippen molar-refractivity contribution in [3.05, 3.63) is 497 Å². The van der Waals surface area contributed by atoms with Crippen molar-refractivity contribution in [1.29, 1.82) is 0 Å². The monoisotopic (exact) mass is 1750 g/mol. The van der Waals surface area contributed by atoms with E-state index in [9.17, 15) is 0 Å². The molecule has 0 N–H and O–H groups in total. The molecule has 8 aromatic heterocycles. The van der Waals surface area contributed by atoms with Gasteiger partial charge in [0.25, 0.3) is 0 Å². The number of benzene rings is 19. The van der Waals surface area contributed by atoms with Gasteiger partial charge >= 0.3 is 0 Å².